The van der Waals surface area contributed by atoms with Crippen molar-refractivity contribution in [3.05, 3.63) is 35.4 Å². The van der Waals surface area contributed by atoms with Gasteiger partial charge in [-0.05, 0) is 57.6 Å². The van der Waals surface area contributed by atoms with E-state index >= 15 is 0 Å². The van der Waals surface area contributed by atoms with E-state index in [4.69, 9.17) is 5.11 Å². The molecule has 38 heavy (non-hydrogen) atoms. The van der Waals surface area contributed by atoms with Crippen LogP contribution in [0.4, 0.5) is 18.4 Å². The summed E-state index contributed by atoms with van der Waals surface area (Å²) in [6.45, 7) is 0.971. The second-order valence-electron chi connectivity index (χ2n) is 10.6. The number of likely N-dealkylation sites (N-methyl/N-ethyl adjacent to an activating group) is 1. The second-order valence-corrected chi connectivity index (χ2v) is 10.6. The number of piperidine rings is 1. The molecule has 0 radical (unpaired) electrons. The van der Waals surface area contributed by atoms with Crippen molar-refractivity contribution < 1.29 is 33.7 Å². The molecule has 1 aliphatic carbocycles. The number of benzene rings is 1. The zero-order chi connectivity index (χ0) is 27.7. The molecule has 0 bridgehead atoms. The molecule has 1 aliphatic heterocycles. The van der Waals surface area contributed by atoms with Crippen molar-refractivity contribution in [2.24, 2.45) is 11.8 Å². The molecule has 1 heterocycles. The van der Waals surface area contributed by atoms with Crippen molar-refractivity contribution in [1.82, 2.24) is 20.9 Å². The van der Waals surface area contributed by atoms with Gasteiger partial charge in [0.1, 0.15) is 0 Å². The molecule has 6 N–H and O–H groups in total. The van der Waals surface area contributed by atoms with Crippen molar-refractivity contribution in [3.63, 3.8) is 0 Å². The monoisotopic (exact) mass is 540 g/mol. The molecule has 9 nitrogen and oxygen atoms in total. The van der Waals surface area contributed by atoms with E-state index in [-0.39, 0.29) is 43.4 Å². The lowest BCUT2D eigenvalue weighted by Gasteiger charge is -2.43. The number of likely N-dealkylation sites (tertiary alicyclic amines) is 1. The third-order valence-corrected chi connectivity index (χ3v) is 8.09. The van der Waals surface area contributed by atoms with Gasteiger partial charge in [0.2, 0.25) is 0 Å². The van der Waals surface area contributed by atoms with Gasteiger partial charge in [-0.1, -0.05) is 31.4 Å². The van der Waals surface area contributed by atoms with Crippen LogP contribution < -0.4 is 16.0 Å². The van der Waals surface area contributed by atoms with Gasteiger partial charge in [-0.25, -0.2) is 18.4 Å². The van der Waals surface area contributed by atoms with E-state index in [1.807, 2.05) is 0 Å². The Bertz CT molecular complexity index is 933. The first kappa shape index (κ1) is 30.0. The zero-order valence-corrected chi connectivity index (χ0v) is 22.1. The number of carboxylic acid groups (broad SMARTS) is 1. The molecule has 0 spiro atoms. The summed E-state index contributed by atoms with van der Waals surface area (Å²) in [7, 11) is 1.76. The molecule has 3 amide bonds. The maximum atomic E-state index is 14.9. The lowest BCUT2D eigenvalue weighted by atomic mass is 9.74. The Balaban J connectivity index is 1.75. The molecule has 1 saturated heterocycles. The van der Waals surface area contributed by atoms with Crippen molar-refractivity contribution in [2.75, 3.05) is 33.2 Å². The molecule has 1 saturated carbocycles. The Morgan fingerprint density at radius 3 is 2.58 bits per heavy atom. The highest BCUT2D eigenvalue weighted by molar-refractivity contribution is 5.74. The van der Waals surface area contributed by atoms with Crippen LogP contribution in [-0.2, 0) is 5.60 Å². The molecular formula is C27H42F2N4O5. The molecule has 214 valence electrons. The van der Waals surface area contributed by atoms with Crippen LogP contribution in [0.1, 0.15) is 63.4 Å². The largest absolute Gasteiger partial charge is 0.465 e. The summed E-state index contributed by atoms with van der Waals surface area (Å²) in [6.07, 6.45) is 4.43. The molecule has 1 aromatic carbocycles. The van der Waals surface area contributed by atoms with Crippen LogP contribution in [0.3, 0.4) is 0 Å². The van der Waals surface area contributed by atoms with Crippen molar-refractivity contribution in [3.8, 4) is 0 Å². The van der Waals surface area contributed by atoms with Crippen LogP contribution in [0.25, 0.3) is 0 Å². The van der Waals surface area contributed by atoms with Crippen molar-refractivity contribution in [1.29, 1.82) is 0 Å². The Morgan fingerprint density at radius 1 is 1.16 bits per heavy atom. The predicted octanol–water partition coefficient (Wildman–Crippen LogP) is 3.15. The van der Waals surface area contributed by atoms with Gasteiger partial charge in [0.15, 0.2) is 11.6 Å². The summed E-state index contributed by atoms with van der Waals surface area (Å²) in [4.78, 5) is 25.7. The number of carbonyl (C=O) groups is 2. The fourth-order valence-corrected chi connectivity index (χ4v) is 6.03. The maximum absolute atomic E-state index is 14.9. The van der Waals surface area contributed by atoms with Crippen LogP contribution in [0.5, 0.6) is 0 Å². The summed E-state index contributed by atoms with van der Waals surface area (Å²) >= 11 is 0. The fourth-order valence-electron chi connectivity index (χ4n) is 6.03. The van der Waals surface area contributed by atoms with Gasteiger partial charge in [-0.15, -0.1) is 0 Å². The molecule has 2 aliphatic rings. The lowest BCUT2D eigenvalue weighted by Crippen LogP contribution is -2.57. The van der Waals surface area contributed by atoms with E-state index in [9.17, 15) is 28.6 Å². The number of carbonyl (C=O) groups excluding carboxylic acids is 1. The van der Waals surface area contributed by atoms with E-state index in [2.05, 4.69) is 16.0 Å². The maximum Gasteiger partial charge on any atom is 0.404 e. The average Bonchev–Trinajstić information content (AvgIpc) is 2.92. The summed E-state index contributed by atoms with van der Waals surface area (Å²) < 4.78 is 29.0. The normalized spacial score (nSPS) is 21.8. The van der Waals surface area contributed by atoms with Gasteiger partial charge in [-0.3, -0.25) is 0 Å². The summed E-state index contributed by atoms with van der Waals surface area (Å²) in [6, 6.07) is 2.78. The van der Waals surface area contributed by atoms with Crippen LogP contribution in [0.2, 0.25) is 0 Å². The van der Waals surface area contributed by atoms with Crippen LogP contribution in [0.15, 0.2) is 18.2 Å². The topological polar surface area (TPSA) is 134 Å². The van der Waals surface area contributed by atoms with Gasteiger partial charge in [0.25, 0.3) is 0 Å². The van der Waals surface area contributed by atoms with Crippen LogP contribution in [-0.4, -0.2) is 77.7 Å². The van der Waals surface area contributed by atoms with E-state index < -0.39 is 41.4 Å². The van der Waals surface area contributed by atoms with Gasteiger partial charge in [0.05, 0.1) is 17.7 Å². The predicted molar refractivity (Wildman–Crippen MR) is 139 cm³/mol. The summed E-state index contributed by atoms with van der Waals surface area (Å²) in [5, 5.41) is 39.9. The molecule has 4 atom stereocenters. The number of nitrogens with one attached hydrogen (secondary N) is 3. The van der Waals surface area contributed by atoms with Crippen LogP contribution >= 0.6 is 0 Å². The molecule has 2 fully saturated rings. The number of hydrogen-bond acceptors (Lipinski definition) is 5. The van der Waals surface area contributed by atoms with Gasteiger partial charge in [-0.2, -0.15) is 0 Å². The number of hydrogen-bond donors (Lipinski definition) is 6. The first-order valence-corrected chi connectivity index (χ1v) is 13.7. The van der Waals surface area contributed by atoms with E-state index in [0.717, 1.165) is 38.2 Å². The van der Waals surface area contributed by atoms with E-state index in [1.54, 1.807) is 11.9 Å². The number of rotatable bonds is 11. The van der Waals surface area contributed by atoms with Crippen molar-refractivity contribution >= 4 is 12.1 Å². The number of nitrogens with zero attached hydrogens (tertiary/aromatic N) is 1. The quantitative estimate of drug-likeness (QED) is 0.239. The summed E-state index contributed by atoms with van der Waals surface area (Å²) in [5.41, 5.74) is -2.00. The Kier molecular flexibility index (Phi) is 11.1. The molecule has 0 unspecified atom stereocenters. The summed E-state index contributed by atoms with van der Waals surface area (Å²) in [5.74, 6) is -2.71. The molecule has 3 rings (SSSR count). The third kappa shape index (κ3) is 7.54. The third-order valence-electron chi connectivity index (χ3n) is 8.09. The number of amides is 3. The standard InChI is InChI=1S/C27H42F2N4O5/c1-30-16-22(24(34)18-8-3-2-4-9-18)32-25(35)33-15-6-10-19(17-33)27(38,13-7-14-31-26(36)37)20-11-5-12-21(28)23(20)29/h5,11-12,18-19,22,24,30-31,34,38H,2-4,6-10,13-17H2,1H3,(H,32,35)(H,36,37)/t19-,22-,24-,27+/m1/s1. The number of urea groups is 1. The SMILES string of the molecule is CNC[C@@H](NC(=O)N1CCC[C@@H]([C@@](O)(CCCNC(=O)O)c2cccc(F)c2F)C1)[C@H](O)C1CCCCC1. The Hall–Kier alpha value is -2.50. The minimum absolute atomic E-state index is 0.0173. The van der Waals surface area contributed by atoms with Gasteiger partial charge < -0.3 is 36.2 Å². The number of aliphatic hydroxyl groups is 2. The van der Waals surface area contributed by atoms with E-state index in [0.29, 0.717) is 25.9 Å². The lowest BCUT2D eigenvalue weighted by molar-refractivity contribution is -0.0583. The first-order chi connectivity index (χ1) is 18.2. The number of halogens is 2. The molecule has 11 heteroatoms. The second kappa shape index (κ2) is 14.0. The minimum Gasteiger partial charge on any atom is -0.465 e. The smallest absolute Gasteiger partial charge is 0.404 e. The zero-order valence-electron chi connectivity index (χ0n) is 22.1. The van der Waals surface area contributed by atoms with E-state index in [1.165, 1.54) is 12.1 Å². The van der Waals surface area contributed by atoms with Crippen LogP contribution in [0, 0.1) is 23.5 Å². The highest BCUT2D eigenvalue weighted by atomic mass is 19.2. The highest BCUT2D eigenvalue weighted by Crippen LogP contribution is 2.41. The minimum atomic E-state index is -1.81. The fraction of sp³-hybridized carbons (Fsp3) is 0.704. The molecular weight excluding hydrogens is 498 g/mol. The van der Waals surface area contributed by atoms with Gasteiger partial charge in [0, 0.05) is 37.7 Å². The van der Waals surface area contributed by atoms with Crippen molar-refractivity contribution in [2.45, 2.75) is 75.5 Å². The highest BCUT2D eigenvalue weighted by Gasteiger charge is 2.43. The molecule has 0 aromatic heterocycles. The molecule has 1 aromatic rings. The number of aliphatic hydroxyl groups excluding tert-OH is 1. The Labute approximate surface area is 223 Å². The average molecular weight is 541 g/mol. The first-order valence-electron chi connectivity index (χ1n) is 13.7. The Morgan fingerprint density at radius 2 is 1.89 bits per heavy atom. The van der Waals surface area contributed by atoms with Gasteiger partial charge >= 0.3 is 12.1 Å².